The molecule has 1 saturated heterocycles. The van der Waals surface area contributed by atoms with Gasteiger partial charge in [0, 0.05) is 14.7 Å². The molecule has 1 aliphatic heterocycles. The van der Waals surface area contributed by atoms with Crippen molar-refractivity contribution in [3.63, 3.8) is 0 Å². The molecule has 1 unspecified atom stereocenters. The zero-order valence-electron chi connectivity index (χ0n) is 8.17. The molecule has 1 nitrogen and oxygen atoms in total. The summed E-state index contributed by atoms with van der Waals surface area (Å²) in [5.41, 5.74) is 0.367. The normalized spacial score (nSPS) is 26.6. The highest BCUT2D eigenvalue weighted by Gasteiger charge is 2.31. The molecule has 1 aromatic carbocycles. The maximum Gasteiger partial charge on any atom is 0.0987 e. The molecule has 82 valence electrons. The number of thioether (sulfide) groups is 1. The van der Waals surface area contributed by atoms with Crippen molar-refractivity contribution in [3.8, 4) is 0 Å². The highest BCUT2D eigenvalue weighted by Crippen LogP contribution is 2.37. The van der Waals surface area contributed by atoms with Crippen LogP contribution in [0.2, 0.25) is 0 Å². The number of halogens is 2. The second-order valence-electron chi connectivity index (χ2n) is 3.85. The molecule has 1 aromatic rings. The first-order valence-corrected chi connectivity index (χ1v) is 7.61. The second kappa shape index (κ2) is 4.78. The van der Waals surface area contributed by atoms with E-state index in [0.717, 1.165) is 38.9 Å². The third-order valence-corrected chi connectivity index (χ3v) is 4.79. The lowest BCUT2D eigenvalue weighted by Gasteiger charge is -2.32. The van der Waals surface area contributed by atoms with Gasteiger partial charge in [0.05, 0.1) is 5.60 Å². The van der Waals surface area contributed by atoms with E-state index in [2.05, 4.69) is 31.9 Å². The van der Waals surface area contributed by atoms with Crippen LogP contribution in [0.15, 0.2) is 27.1 Å². The van der Waals surface area contributed by atoms with E-state index in [9.17, 15) is 5.11 Å². The first-order chi connectivity index (χ1) is 7.10. The topological polar surface area (TPSA) is 20.2 Å². The Kier molecular flexibility index (Phi) is 3.81. The van der Waals surface area contributed by atoms with Crippen LogP contribution in [-0.4, -0.2) is 16.6 Å². The van der Waals surface area contributed by atoms with Gasteiger partial charge >= 0.3 is 0 Å². The van der Waals surface area contributed by atoms with E-state index in [0.29, 0.717) is 0 Å². The van der Waals surface area contributed by atoms with Crippen LogP contribution in [0, 0.1) is 0 Å². The number of aliphatic hydroxyl groups is 1. The van der Waals surface area contributed by atoms with E-state index in [1.54, 1.807) is 0 Å². The van der Waals surface area contributed by atoms with Crippen molar-refractivity contribution >= 4 is 43.6 Å². The third kappa shape index (κ3) is 2.78. The molecule has 1 atom stereocenters. The van der Waals surface area contributed by atoms with Gasteiger partial charge in [-0.15, -0.1) is 0 Å². The van der Waals surface area contributed by atoms with Crippen molar-refractivity contribution in [2.24, 2.45) is 0 Å². The fourth-order valence-electron chi connectivity index (χ4n) is 1.83. The summed E-state index contributed by atoms with van der Waals surface area (Å²) in [5.74, 6) is 1.97. The predicted molar refractivity (Wildman–Crippen MR) is 72.3 cm³/mol. The molecule has 15 heavy (non-hydrogen) atoms. The standard InChI is InChI=1S/C11H12Br2OS/c12-9-4-8(5-10(13)6-9)11(14)2-1-3-15-7-11/h4-6,14H,1-3,7H2. The Morgan fingerprint density at radius 2 is 1.87 bits per heavy atom. The van der Waals surface area contributed by atoms with Gasteiger partial charge in [-0.2, -0.15) is 11.8 Å². The second-order valence-corrected chi connectivity index (χ2v) is 6.78. The quantitative estimate of drug-likeness (QED) is 0.827. The summed E-state index contributed by atoms with van der Waals surface area (Å²) in [4.78, 5) is 0. The van der Waals surface area contributed by atoms with E-state index < -0.39 is 5.60 Å². The summed E-state index contributed by atoms with van der Waals surface area (Å²) in [6.07, 6.45) is 1.95. The largest absolute Gasteiger partial charge is 0.384 e. The van der Waals surface area contributed by atoms with Gasteiger partial charge < -0.3 is 5.11 Å². The van der Waals surface area contributed by atoms with Crippen molar-refractivity contribution in [3.05, 3.63) is 32.7 Å². The molecule has 1 fully saturated rings. The number of hydrogen-bond acceptors (Lipinski definition) is 2. The smallest absolute Gasteiger partial charge is 0.0987 e. The summed E-state index contributed by atoms with van der Waals surface area (Å²) in [5, 5.41) is 10.5. The van der Waals surface area contributed by atoms with E-state index >= 15 is 0 Å². The third-order valence-electron chi connectivity index (χ3n) is 2.62. The molecule has 0 saturated carbocycles. The molecule has 0 amide bonds. The molecule has 0 spiro atoms. The molecule has 1 heterocycles. The van der Waals surface area contributed by atoms with Crippen molar-refractivity contribution < 1.29 is 5.11 Å². The van der Waals surface area contributed by atoms with Crippen LogP contribution in [0.4, 0.5) is 0 Å². The summed E-state index contributed by atoms with van der Waals surface area (Å²) >= 11 is 8.74. The SMILES string of the molecule is OC1(c2cc(Br)cc(Br)c2)CCCSC1. The van der Waals surface area contributed by atoms with Crippen LogP contribution in [-0.2, 0) is 5.60 Å². The van der Waals surface area contributed by atoms with Crippen LogP contribution in [0.3, 0.4) is 0 Å². The molecule has 1 aliphatic rings. The fraction of sp³-hybridized carbons (Fsp3) is 0.455. The van der Waals surface area contributed by atoms with E-state index in [1.807, 2.05) is 30.0 Å². The van der Waals surface area contributed by atoms with Crippen molar-refractivity contribution in [2.45, 2.75) is 18.4 Å². The predicted octanol–water partition coefficient (Wildman–Crippen LogP) is 3.93. The minimum atomic E-state index is -0.644. The van der Waals surface area contributed by atoms with Crippen LogP contribution in [0.1, 0.15) is 18.4 Å². The Balaban J connectivity index is 2.34. The van der Waals surface area contributed by atoms with Gasteiger partial charge in [0.25, 0.3) is 0 Å². The number of hydrogen-bond donors (Lipinski definition) is 1. The summed E-state index contributed by atoms with van der Waals surface area (Å²) in [7, 11) is 0. The van der Waals surface area contributed by atoms with E-state index in [1.165, 1.54) is 0 Å². The summed E-state index contributed by atoms with van der Waals surface area (Å²) in [6.45, 7) is 0. The van der Waals surface area contributed by atoms with Crippen LogP contribution in [0.5, 0.6) is 0 Å². The Hall–Kier alpha value is 0.490. The Labute approximate surface area is 111 Å². The molecular weight excluding hydrogens is 340 g/mol. The monoisotopic (exact) mass is 350 g/mol. The van der Waals surface area contributed by atoms with E-state index in [-0.39, 0.29) is 0 Å². The lowest BCUT2D eigenvalue weighted by molar-refractivity contribution is 0.0494. The zero-order valence-corrected chi connectivity index (χ0v) is 12.2. The van der Waals surface area contributed by atoms with Gasteiger partial charge in [-0.3, -0.25) is 0 Å². The molecule has 0 aromatic heterocycles. The maximum atomic E-state index is 10.5. The molecule has 2 rings (SSSR count). The fourth-order valence-corrected chi connectivity index (χ4v) is 4.27. The minimum Gasteiger partial charge on any atom is -0.384 e. The first-order valence-electron chi connectivity index (χ1n) is 4.87. The number of benzene rings is 1. The van der Waals surface area contributed by atoms with Crippen LogP contribution >= 0.6 is 43.6 Å². The lowest BCUT2D eigenvalue weighted by atomic mass is 9.91. The molecule has 0 aliphatic carbocycles. The van der Waals surface area contributed by atoms with Gasteiger partial charge in [-0.05, 0) is 42.4 Å². The van der Waals surface area contributed by atoms with Gasteiger partial charge in [0.2, 0.25) is 0 Å². The van der Waals surface area contributed by atoms with Crippen LogP contribution < -0.4 is 0 Å². The highest BCUT2D eigenvalue weighted by molar-refractivity contribution is 9.11. The zero-order chi connectivity index (χ0) is 10.9. The highest BCUT2D eigenvalue weighted by atomic mass is 79.9. The first kappa shape index (κ1) is 12.0. The molecule has 0 radical (unpaired) electrons. The molecular formula is C11H12Br2OS. The van der Waals surface area contributed by atoms with E-state index in [4.69, 9.17) is 0 Å². The van der Waals surface area contributed by atoms with Crippen LogP contribution in [0.25, 0.3) is 0 Å². The maximum absolute atomic E-state index is 10.5. The van der Waals surface area contributed by atoms with Crippen molar-refractivity contribution in [1.29, 1.82) is 0 Å². The van der Waals surface area contributed by atoms with Crippen molar-refractivity contribution in [2.75, 3.05) is 11.5 Å². The Bertz CT molecular complexity index is 341. The van der Waals surface area contributed by atoms with Gasteiger partial charge in [-0.1, -0.05) is 31.9 Å². The van der Waals surface area contributed by atoms with Crippen molar-refractivity contribution in [1.82, 2.24) is 0 Å². The molecule has 0 bridgehead atoms. The van der Waals surface area contributed by atoms with Gasteiger partial charge in [0.15, 0.2) is 0 Å². The molecule has 4 heteroatoms. The Morgan fingerprint density at radius 1 is 1.20 bits per heavy atom. The average molecular weight is 352 g/mol. The Morgan fingerprint density at radius 3 is 2.40 bits per heavy atom. The number of rotatable bonds is 1. The summed E-state index contributed by atoms with van der Waals surface area (Å²) < 4.78 is 2.02. The average Bonchev–Trinajstić information content (AvgIpc) is 2.17. The van der Waals surface area contributed by atoms with Gasteiger partial charge in [-0.25, -0.2) is 0 Å². The minimum absolute atomic E-state index is 0.644. The lowest BCUT2D eigenvalue weighted by Crippen LogP contribution is -2.31. The summed E-state index contributed by atoms with van der Waals surface area (Å²) in [6, 6.07) is 6.01. The molecule has 1 N–H and O–H groups in total. The van der Waals surface area contributed by atoms with Gasteiger partial charge in [0.1, 0.15) is 0 Å².